The molecule has 1 fully saturated rings. The highest BCUT2D eigenvalue weighted by atomic mass is 16.3. The van der Waals surface area contributed by atoms with E-state index in [9.17, 15) is 10.2 Å². The lowest BCUT2D eigenvalue weighted by molar-refractivity contribution is 0.266. The number of hydrogen-bond acceptors (Lipinski definition) is 3. The van der Waals surface area contributed by atoms with E-state index < -0.39 is 0 Å². The molecule has 1 aromatic rings. The number of phenols is 1. The molecule has 1 aliphatic rings. The van der Waals surface area contributed by atoms with Gasteiger partial charge in [-0.1, -0.05) is 13.0 Å². The molecule has 2 rings (SSSR count). The van der Waals surface area contributed by atoms with E-state index in [-0.39, 0.29) is 12.6 Å². The molecule has 1 heterocycles. The number of hydrogen-bond donors (Lipinski definition) is 2. The fraction of sp³-hybridized carbons (Fsp3) is 0.538. The van der Waals surface area contributed by atoms with Crippen molar-refractivity contribution in [1.82, 2.24) is 0 Å². The Hall–Kier alpha value is -1.22. The number of aliphatic hydroxyl groups is 1. The molecule has 2 N–H and O–H groups in total. The summed E-state index contributed by atoms with van der Waals surface area (Å²) in [5.74, 6) is 0.364. The van der Waals surface area contributed by atoms with Crippen molar-refractivity contribution in [2.45, 2.75) is 32.2 Å². The average molecular weight is 221 g/mol. The average Bonchev–Trinajstić information content (AvgIpc) is 2.77. The minimum absolute atomic E-state index is 0.191. The van der Waals surface area contributed by atoms with Gasteiger partial charge in [0.05, 0.1) is 12.6 Å². The molecule has 1 aromatic carbocycles. The maximum Gasteiger partial charge on any atom is 0.120 e. The summed E-state index contributed by atoms with van der Waals surface area (Å²) in [5.41, 5.74) is 2.00. The van der Waals surface area contributed by atoms with Crippen LogP contribution >= 0.6 is 0 Å². The lowest BCUT2D eigenvalue weighted by atomic mass is 10.1. The fourth-order valence-corrected chi connectivity index (χ4v) is 2.40. The molecule has 0 aliphatic carbocycles. The summed E-state index contributed by atoms with van der Waals surface area (Å²) < 4.78 is 0. The predicted octanol–water partition coefficient (Wildman–Crippen LogP) is 1.92. The van der Waals surface area contributed by atoms with E-state index in [2.05, 4.69) is 4.90 Å². The number of aryl methyl sites for hydroxylation is 1. The third-order valence-electron chi connectivity index (χ3n) is 3.37. The standard InChI is InChI=1S/C13H19NO2/c1-2-10-5-6-11(8-13(10)16)14-7-3-4-12(14)9-15/h5-6,8,12,15-16H,2-4,7,9H2,1H3. The van der Waals surface area contributed by atoms with Crippen LogP contribution in [0.1, 0.15) is 25.3 Å². The Labute approximate surface area is 96.3 Å². The highest BCUT2D eigenvalue weighted by molar-refractivity contribution is 5.54. The van der Waals surface area contributed by atoms with Crippen LogP contribution in [0.5, 0.6) is 5.75 Å². The summed E-state index contributed by atoms with van der Waals surface area (Å²) >= 11 is 0. The summed E-state index contributed by atoms with van der Waals surface area (Å²) in [4.78, 5) is 2.18. The fourth-order valence-electron chi connectivity index (χ4n) is 2.40. The van der Waals surface area contributed by atoms with Gasteiger partial charge in [0.1, 0.15) is 5.75 Å². The smallest absolute Gasteiger partial charge is 0.120 e. The van der Waals surface area contributed by atoms with Crippen molar-refractivity contribution < 1.29 is 10.2 Å². The Balaban J connectivity index is 2.23. The van der Waals surface area contributed by atoms with Crippen LogP contribution in [0.15, 0.2) is 18.2 Å². The lowest BCUT2D eigenvalue weighted by Crippen LogP contribution is -2.31. The van der Waals surface area contributed by atoms with E-state index in [0.717, 1.165) is 37.1 Å². The van der Waals surface area contributed by atoms with Gasteiger partial charge >= 0.3 is 0 Å². The minimum atomic E-state index is 0.191. The maximum absolute atomic E-state index is 9.82. The summed E-state index contributed by atoms with van der Waals surface area (Å²) in [6, 6.07) is 6.03. The number of anilines is 1. The Morgan fingerprint density at radius 3 is 2.88 bits per heavy atom. The largest absolute Gasteiger partial charge is 0.508 e. The first-order valence-electron chi connectivity index (χ1n) is 5.95. The van der Waals surface area contributed by atoms with Gasteiger partial charge in [-0.2, -0.15) is 0 Å². The van der Waals surface area contributed by atoms with Gasteiger partial charge in [-0.3, -0.25) is 0 Å². The van der Waals surface area contributed by atoms with Crippen LogP contribution < -0.4 is 4.90 Å². The van der Waals surface area contributed by atoms with Gasteiger partial charge in [-0.15, -0.1) is 0 Å². The zero-order chi connectivity index (χ0) is 11.5. The van der Waals surface area contributed by atoms with Crippen molar-refractivity contribution >= 4 is 5.69 Å². The molecule has 1 aliphatic heterocycles. The molecule has 0 aromatic heterocycles. The second-order valence-electron chi connectivity index (χ2n) is 4.34. The first-order chi connectivity index (χ1) is 7.76. The number of phenolic OH excluding ortho intramolecular Hbond substituents is 1. The zero-order valence-electron chi connectivity index (χ0n) is 9.69. The van der Waals surface area contributed by atoms with E-state index in [0.29, 0.717) is 5.75 Å². The van der Waals surface area contributed by atoms with Crippen molar-refractivity contribution in [1.29, 1.82) is 0 Å². The van der Waals surface area contributed by atoms with E-state index >= 15 is 0 Å². The molecule has 88 valence electrons. The number of benzene rings is 1. The van der Waals surface area contributed by atoms with E-state index in [4.69, 9.17) is 0 Å². The van der Waals surface area contributed by atoms with Crippen molar-refractivity contribution in [3.05, 3.63) is 23.8 Å². The Morgan fingerprint density at radius 2 is 2.25 bits per heavy atom. The molecule has 1 atom stereocenters. The Bertz CT molecular complexity index is 365. The number of nitrogens with zero attached hydrogens (tertiary/aromatic N) is 1. The van der Waals surface area contributed by atoms with Gasteiger partial charge in [0.25, 0.3) is 0 Å². The van der Waals surface area contributed by atoms with Crippen LogP contribution in [-0.2, 0) is 6.42 Å². The molecule has 3 nitrogen and oxygen atoms in total. The highest BCUT2D eigenvalue weighted by Gasteiger charge is 2.24. The summed E-state index contributed by atoms with van der Waals surface area (Å²) in [6.07, 6.45) is 2.99. The third-order valence-corrected chi connectivity index (χ3v) is 3.37. The molecule has 0 radical (unpaired) electrons. The normalized spacial score (nSPS) is 20.4. The molecule has 0 amide bonds. The first kappa shape index (κ1) is 11.3. The molecule has 0 saturated carbocycles. The molecule has 1 unspecified atom stereocenters. The molecule has 0 bridgehead atoms. The molecule has 16 heavy (non-hydrogen) atoms. The lowest BCUT2D eigenvalue weighted by Gasteiger charge is -2.25. The van der Waals surface area contributed by atoms with Gasteiger partial charge in [-0.05, 0) is 30.9 Å². The Kier molecular flexibility index (Phi) is 3.34. The Morgan fingerprint density at radius 1 is 1.44 bits per heavy atom. The van der Waals surface area contributed by atoms with Crippen LogP contribution in [0.4, 0.5) is 5.69 Å². The summed E-state index contributed by atoms with van der Waals surface area (Å²) in [6.45, 7) is 3.19. The van der Waals surface area contributed by atoms with Crippen molar-refractivity contribution in [2.24, 2.45) is 0 Å². The van der Waals surface area contributed by atoms with Gasteiger partial charge in [-0.25, -0.2) is 0 Å². The predicted molar refractivity (Wildman–Crippen MR) is 64.9 cm³/mol. The topological polar surface area (TPSA) is 43.7 Å². The van der Waals surface area contributed by atoms with Crippen LogP contribution in [-0.4, -0.2) is 29.4 Å². The van der Waals surface area contributed by atoms with Gasteiger partial charge < -0.3 is 15.1 Å². The number of rotatable bonds is 3. The molecular weight excluding hydrogens is 202 g/mol. The first-order valence-corrected chi connectivity index (χ1v) is 5.95. The van der Waals surface area contributed by atoms with Crippen LogP contribution in [0, 0.1) is 0 Å². The van der Waals surface area contributed by atoms with Gasteiger partial charge in [0.15, 0.2) is 0 Å². The SMILES string of the molecule is CCc1ccc(N2CCCC2CO)cc1O. The molecular formula is C13H19NO2. The second-order valence-corrected chi connectivity index (χ2v) is 4.34. The van der Waals surface area contributed by atoms with Gasteiger partial charge in [0, 0.05) is 18.3 Å². The quantitative estimate of drug-likeness (QED) is 0.819. The van der Waals surface area contributed by atoms with Crippen molar-refractivity contribution in [3.8, 4) is 5.75 Å². The van der Waals surface area contributed by atoms with E-state index in [1.54, 1.807) is 0 Å². The van der Waals surface area contributed by atoms with Crippen LogP contribution in [0.25, 0.3) is 0 Å². The highest BCUT2D eigenvalue weighted by Crippen LogP contribution is 2.30. The van der Waals surface area contributed by atoms with Crippen molar-refractivity contribution in [3.63, 3.8) is 0 Å². The van der Waals surface area contributed by atoms with Crippen LogP contribution in [0.3, 0.4) is 0 Å². The number of aliphatic hydroxyl groups excluding tert-OH is 1. The van der Waals surface area contributed by atoms with Crippen molar-refractivity contribution in [2.75, 3.05) is 18.1 Å². The molecule has 0 spiro atoms. The van der Waals surface area contributed by atoms with E-state index in [1.807, 2.05) is 25.1 Å². The molecule has 3 heteroatoms. The second kappa shape index (κ2) is 4.74. The summed E-state index contributed by atoms with van der Waals surface area (Å²) in [5, 5.41) is 19.1. The van der Waals surface area contributed by atoms with Crippen LogP contribution in [0.2, 0.25) is 0 Å². The third kappa shape index (κ3) is 2.00. The number of aromatic hydroxyl groups is 1. The summed E-state index contributed by atoms with van der Waals surface area (Å²) in [7, 11) is 0. The maximum atomic E-state index is 9.82. The zero-order valence-corrected chi connectivity index (χ0v) is 9.69. The van der Waals surface area contributed by atoms with Gasteiger partial charge in [0.2, 0.25) is 0 Å². The molecule has 1 saturated heterocycles. The minimum Gasteiger partial charge on any atom is -0.508 e. The van der Waals surface area contributed by atoms with E-state index in [1.165, 1.54) is 0 Å². The monoisotopic (exact) mass is 221 g/mol.